The van der Waals surface area contributed by atoms with E-state index in [1.165, 1.54) is 11.1 Å². The number of nitrogens with zero attached hydrogens (tertiary/aromatic N) is 2. The number of rotatable bonds is 1. The zero-order chi connectivity index (χ0) is 16.7. The number of fused-ring (bicyclic) bond motifs is 2. The highest BCUT2D eigenvalue weighted by Gasteiger charge is 2.37. The molecule has 0 aliphatic carbocycles. The zero-order valence-electron chi connectivity index (χ0n) is 14.2. The topological polar surface area (TPSA) is 47.0 Å². The first-order valence-corrected chi connectivity index (χ1v) is 9.05. The molecule has 1 fully saturated rings. The summed E-state index contributed by atoms with van der Waals surface area (Å²) in [4.78, 5) is 8.79. The van der Waals surface area contributed by atoms with Crippen molar-refractivity contribution in [3.63, 3.8) is 0 Å². The lowest BCUT2D eigenvalue weighted by atomic mass is 9.83. The van der Waals surface area contributed by atoms with Crippen LogP contribution in [0.1, 0.15) is 24.8 Å². The minimum atomic E-state index is 0.0515. The van der Waals surface area contributed by atoms with Gasteiger partial charge in [0.25, 0.3) is 0 Å². The van der Waals surface area contributed by atoms with E-state index >= 15 is 0 Å². The SMILES string of the molecule is c1cnc2ncc(-c3ccc4c(c3)CCC3(CCNCC3)O4)cc2c1. The average Bonchev–Trinajstić information content (AvgIpc) is 2.68. The fourth-order valence-corrected chi connectivity index (χ4v) is 4.06. The van der Waals surface area contributed by atoms with Crippen molar-refractivity contribution in [2.75, 3.05) is 13.1 Å². The predicted octanol–water partition coefficient (Wildman–Crippen LogP) is 3.74. The van der Waals surface area contributed by atoms with E-state index in [2.05, 4.69) is 45.6 Å². The van der Waals surface area contributed by atoms with Gasteiger partial charge in [0.2, 0.25) is 0 Å². The number of aromatic nitrogens is 2. The third kappa shape index (κ3) is 2.67. The Labute approximate surface area is 147 Å². The Morgan fingerprint density at radius 2 is 1.88 bits per heavy atom. The van der Waals surface area contributed by atoms with Gasteiger partial charge >= 0.3 is 0 Å². The molecule has 1 N–H and O–H groups in total. The lowest BCUT2D eigenvalue weighted by Gasteiger charge is -2.41. The molecule has 0 saturated carbocycles. The van der Waals surface area contributed by atoms with Gasteiger partial charge in [-0.2, -0.15) is 0 Å². The number of hydrogen-bond donors (Lipinski definition) is 1. The van der Waals surface area contributed by atoms with E-state index in [9.17, 15) is 0 Å². The first-order valence-electron chi connectivity index (χ1n) is 9.05. The van der Waals surface area contributed by atoms with E-state index in [0.717, 1.165) is 61.1 Å². The second kappa shape index (κ2) is 5.81. The van der Waals surface area contributed by atoms with E-state index in [0.29, 0.717) is 0 Å². The Bertz CT molecular complexity index is 931. The predicted molar refractivity (Wildman–Crippen MR) is 98.8 cm³/mol. The van der Waals surface area contributed by atoms with Crippen LogP contribution in [0, 0.1) is 0 Å². The standard InChI is InChI=1S/C21H21N3O/c1-2-17-13-18(14-24-20(17)23-9-1)15-3-4-19-16(12-15)5-6-21(25-19)7-10-22-11-8-21/h1-4,9,12-14,22H,5-8,10-11H2. The second-order valence-electron chi connectivity index (χ2n) is 7.13. The van der Waals surface area contributed by atoms with Crippen LogP contribution < -0.4 is 10.1 Å². The molecule has 2 aliphatic rings. The molecule has 4 heteroatoms. The van der Waals surface area contributed by atoms with Gasteiger partial charge in [-0.25, -0.2) is 9.97 Å². The maximum absolute atomic E-state index is 6.46. The van der Waals surface area contributed by atoms with Crippen molar-refractivity contribution in [3.05, 3.63) is 54.4 Å². The van der Waals surface area contributed by atoms with Gasteiger partial charge in [0.15, 0.2) is 5.65 Å². The van der Waals surface area contributed by atoms with Crippen molar-refractivity contribution < 1.29 is 4.74 Å². The summed E-state index contributed by atoms with van der Waals surface area (Å²) in [6.45, 7) is 2.12. The molecule has 4 nitrogen and oxygen atoms in total. The van der Waals surface area contributed by atoms with Crippen LogP contribution in [-0.4, -0.2) is 28.7 Å². The van der Waals surface area contributed by atoms with E-state index in [1.807, 2.05) is 12.3 Å². The number of ether oxygens (including phenoxy) is 1. The minimum Gasteiger partial charge on any atom is -0.487 e. The van der Waals surface area contributed by atoms with Crippen LogP contribution in [0.25, 0.3) is 22.2 Å². The molecule has 25 heavy (non-hydrogen) atoms. The third-order valence-corrected chi connectivity index (χ3v) is 5.54. The Morgan fingerprint density at radius 1 is 0.960 bits per heavy atom. The number of hydrogen-bond acceptors (Lipinski definition) is 4. The summed E-state index contributed by atoms with van der Waals surface area (Å²) in [5.74, 6) is 1.06. The van der Waals surface area contributed by atoms with Crippen LogP contribution in [-0.2, 0) is 6.42 Å². The van der Waals surface area contributed by atoms with Gasteiger partial charge in [-0.15, -0.1) is 0 Å². The zero-order valence-corrected chi connectivity index (χ0v) is 14.2. The highest BCUT2D eigenvalue weighted by Crippen LogP contribution is 2.39. The molecular weight excluding hydrogens is 310 g/mol. The molecule has 0 bridgehead atoms. The molecule has 4 heterocycles. The van der Waals surface area contributed by atoms with Gasteiger partial charge in [-0.3, -0.25) is 0 Å². The molecule has 0 unspecified atom stereocenters. The van der Waals surface area contributed by atoms with E-state index in [-0.39, 0.29) is 5.60 Å². The summed E-state index contributed by atoms with van der Waals surface area (Å²) in [5, 5.41) is 4.51. The van der Waals surface area contributed by atoms with Gasteiger partial charge < -0.3 is 10.1 Å². The van der Waals surface area contributed by atoms with E-state index in [1.54, 1.807) is 6.20 Å². The number of nitrogens with one attached hydrogen (secondary N) is 1. The minimum absolute atomic E-state index is 0.0515. The summed E-state index contributed by atoms with van der Waals surface area (Å²) < 4.78 is 6.46. The van der Waals surface area contributed by atoms with Crippen molar-refractivity contribution in [1.82, 2.24) is 15.3 Å². The van der Waals surface area contributed by atoms with Crippen molar-refractivity contribution in [2.24, 2.45) is 0 Å². The van der Waals surface area contributed by atoms with Crippen LogP contribution in [0.2, 0.25) is 0 Å². The maximum Gasteiger partial charge on any atom is 0.159 e. The highest BCUT2D eigenvalue weighted by atomic mass is 16.5. The lowest BCUT2D eigenvalue weighted by Crippen LogP contribution is -2.48. The van der Waals surface area contributed by atoms with Gasteiger partial charge in [-0.1, -0.05) is 6.07 Å². The van der Waals surface area contributed by atoms with Crippen molar-refractivity contribution in [2.45, 2.75) is 31.3 Å². The Balaban J connectivity index is 1.48. The van der Waals surface area contributed by atoms with Crippen LogP contribution in [0.5, 0.6) is 5.75 Å². The van der Waals surface area contributed by atoms with Gasteiger partial charge in [0.05, 0.1) is 0 Å². The van der Waals surface area contributed by atoms with E-state index in [4.69, 9.17) is 4.74 Å². The molecule has 126 valence electrons. The van der Waals surface area contributed by atoms with Gasteiger partial charge in [0, 0.05) is 23.3 Å². The average molecular weight is 331 g/mol. The molecule has 2 aromatic heterocycles. The molecular formula is C21H21N3O. The molecule has 0 amide bonds. The molecule has 0 radical (unpaired) electrons. The first kappa shape index (κ1) is 14.8. The largest absolute Gasteiger partial charge is 0.487 e. The first-order chi connectivity index (χ1) is 12.3. The Kier molecular flexibility index (Phi) is 3.45. The smallest absolute Gasteiger partial charge is 0.159 e. The molecule has 1 saturated heterocycles. The number of pyridine rings is 2. The summed E-state index contributed by atoms with van der Waals surface area (Å²) in [6.07, 6.45) is 8.11. The summed E-state index contributed by atoms with van der Waals surface area (Å²) in [7, 11) is 0. The molecule has 1 aromatic carbocycles. The molecule has 3 aromatic rings. The van der Waals surface area contributed by atoms with Crippen LogP contribution >= 0.6 is 0 Å². The molecule has 0 atom stereocenters. The number of benzene rings is 1. The van der Waals surface area contributed by atoms with E-state index < -0.39 is 0 Å². The van der Waals surface area contributed by atoms with Crippen molar-refractivity contribution in [3.8, 4) is 16.9 Å². The molecule has 1 spiro atoms. The normalized spacial score (nSPS) is 18.7. The number of aryl methyl sites for hydroxylation is 1. The fourth-order valence-electron chi connectivity index (χ4n) is 4.06. The highest BCUT2D eigenvalue weighted by molar-refractivity contribution is 5.80. The van der Waals surface area contributed by atoms with Crippen molar-refractivity contribution in [1.29, 1.82) is 0 Å². The second-order valence-corrected chi connectivity index (χ2v) is 7.13. The Hall–Kier alpha value is -2.46. The molecule has 2 aliphatic heterocycles. The summed E-state index contributed by atoms with van der Waals surface area (Å²) >= 11 is 0. The molecule has 5 rings (SSSR count). The van der Waals surface area contributed by atoms with Crippen LogP contribution in [0.15, 0.2) is 48.8 Å². The van der Waals surface area contributed by atoms with Crippen LogP contribution in [0.3, 0.4) is 0 Å². The summed E-state index contributed by atoms with van der Waals surface area (Å²) in [5.41, 5.74) is 4.48. The van der Waals surface area contributed by atoms with Crippen LogP contribution in [0.4, 0.5) is 0 Å². The fraction of sp³-hybridized carbons (Fsp3) is 0.333. The monoisotopic (exact) mass is 331 g/mol. The quantitative estimate of drug-likeness (QED) is 0.738. The van der Waals surface area contributed by atoms with Gasteiger partial charge in [0.1, 0.15) is 11.4 Å². The lowest BCUT2D eigenvalue weighted by molar-refractivity contribution is 0.0170. The number of piperidine rings is 1. The van der Waals surface area contributed by atoms with Gasteiger partial charge in [-0.05, 0) is 80.2 Å². The van der Waals surface area contributed by atoms with Crippen molar-refractivity contribution >= 4 is 11.0 Å². The maximum atomic E-state index is 6.46. The summed E-state index contributed by atoms with van der Waals surface area (Å²) in [6, 6.07) is 12.7. The third-order valence-electron chi connectivity index (χ3n) is 5.54. The Morgan fingerprint density at radius 3 is 2.80 bits per heavy atom.